The highest BCUT2D eigenvalue weighted by Crippen LogP contribution is 2.25. The van der Waals surface area contributed by atoms with Crippen LogP contribution < -0.4 is 10.1 Å². The second kappa shape index (κ2) is 7.22. The molecule has 1 amide bonds. The molecule has 0 aliphatic rings. The topological polar surface area (TPSA) is 51.2 Å². The Hall–Kier alpha value is -1.88. The smallest absolute Gasteiger partial charge is 0.255 e. The third-order valence-electron chi connectivity index (χ3n) is 3.11. The number of methoxy groups -OCH3 is 1. The fourth-order valence-corrected chi connectivity index (χ4v) is 2.87. The number of thiazole rings is 1. The molecular formula is C16H20N2O2S. The molecule has 1 aromatic carbocycles. The summed E-state index contributed by atoms with van der Waals surface area (Å²) in [6.07, 6.45) is 2.62. The van der Waals surface area contributed by atoms with Gasteiger partial charge in [0.15, 0.2) is 0 Å². The van der Waals surface area contributed by atoms with Gasteiger partial charge < -0.3 is 10.1 Å². The number of hydrogen-bond donors (Lipinski definition) is 1. The van der Waals surface area contributed by atoms with Gasteiger partial charge in [-0.25, -0.2) is 4.98 Å². The third kappa shape index (κ3) is 4.04. The van der Waals surface area contributed by atoms with Gasteiger partial charge in [-0.2, -0.15) is 0 Å². The fourth-order valence-electron chi connectivity index (χ4n) is 2.17. The van der Waals surface area contributed by atoms with E-state index in [4.69, 9.17) is 4.74 Å². The Balaban J connectivity index is 2.18. The average molecular weight is 304 g/mol. The standard InChI is InChI=1S/C16H20N2O2S/c1-11(2)10-13(16-17-8-9-21-16)18-15(19)12-6-4-5-7-14(12)20-3/h4-9,11,13H,10H2,1-3H3,(H,18,19). The summed E-state index contributed by atoms with van der Waals surface area (Å²) in [4.78, 5) is 16.8. The molecule has 2 aromatic rings. The molecule has 1 aromatic heterocycles. The number of para-hydroxylation sites is 1. The summed E-state index contributed by atoms with van der Waals surface area (Å²) < 4.78 is 5.25. The maximum Gasteiger partial charge on any atom is 0.255 e. The number of carbonyl (C=O) groups is 1. The van der Waals surface area contributed by atoms with Crippen LogP contribution in [0.2, 0.25) is 0 Å². The molecular weight excluding hydrogens is 284 g/mol. The number of rotatable bonds is 6. The van der Waals surface area contributed by atoms with Crippen LogP contribution in [0.4, 0.5) is 0 Å². The number of amides is 1. The minimum absolute atomic E-state index is 0.0672. The zero-order valence-corrected chi connectivity index (χ0v) is 13.3. The molecule has 1 unspecified atom stereocenters. The van der Waals surface area contributed by atoms with Gasteiger partial charge in [-0.1, -0.05) is 26.0 Å². The molecule has 0 bridgehead atoms. The summed E-state index contributed by atoms with van der Waals surface area (Å²) in [5.41, 5.74) is 0.547. The van der Waals surface area contributed by atoms with Crippen LogP contribution in [-0.2, 0) is 0 Å². The Morgan fingerprint density at radius 1 is 1.38 bits per heavy atom. The van der Waals surface area contributed by atoms with Gasteiger partial charge >= 0.3 is 0 Å². The van der Waals surface area contributed by atoms with Crippen molar-refractivity contribution in [2.24, 2.45) is 5.92 Å². The van der Waals surface area contributed by atoms with Crippen LogP contribution in [-0.4, -0.2) is 18.0 Å². The highest BCUT2D eigenvalue weighted by molar-refractivity contribution is 7.09. The number of ether oxygens (including phenoxy) is 1. The minimum atomic E-state index is -0.131. The second-order valence-electron chi connectivity index (χ2n) is 5.23. The molecule has 5 heteroatoms. The van der Waals surface area contributed by atoms with E-state index in [2.05, 4.69) is 24.1 Å². The highest BCUT2D eigenvalue weighted by atomic mass is 32.1. The van der Waals surface area contributed by atoms with Crippen molar-refractivity contribution < 1.29 is 9.53 Å². The van der Waals surface area contributed by atoms with Crippen molar-refractivity contribution in [3.8, 4) is 5.75 Å². The molecule has 1 heterocycles. The van der Waals surface area contributed by atoms with E-state index in [9.17, 15) is 4.79 Å². The Morgan fingerprint density at radius 3 is 2.76 bits per heavy atom. The summed E-state index contributed by atoms with van der Waals surface area (Å²) in [7, 11) is 1.57. The van der Waals surface area contributed by atoms with E-state index >= 15 is 0 Å². The number of carbonyl (C=O) groups excluding carboxylic acids is 1. The van der Waals surface area contributed by atoms with Crippen molar-refractivity contribution >= 4 is 17.2 Å². The van der Waals surface area contributed by atoms with E-state index in [1.54, 1.807) is 36.8 Å². The van der Waals surface area contributed by atoms with Gasteiger partial charge in [0, 0.05) is 11.6 Å². The molecule has 1 N–H and O–H groups in total. The molecule has 0 radical (unpaired) electrons. The summed E-state index contributed by atoms with van der Waals surface area (Å²) in [5.74, 6) is 0.919. The molecule has 1 atom stereocenters. The van der Waals surface area contributed by atoms with Gasteiger partial charge in [-0.05, 0) is 24.5 Å². The highest BCUT2D eigenvalue weighted by Gasteiger charge is 2.20. The largest absolute Gasteiger partial charge is 0.496 e. The van der Waals surface area contributed by atoms with Crippen molar-refractivity contribution in [1.29, 1.82) is 0 Å². The summed E-state index contributed by atoms with van der Waals surface area (Å²) in [6, 6.07) is 7.17. The lowest BCUT2D eigenvalue weighted by Gasteiger charge is -2.19. The molecule has 0 aliphatic carbocycles. The van der Waals surface area contributed by atoms with Gasteiger partial charge in [-0.15, -0.1) is 11.3 Å². The average Bonchev–Trinajstić information content (AvgIpc) is 3.00. The first-order valence-electron chi connectivity index (χ1n) is 6.95. The third-order valence-corrected chi connectivity index (χ3v) is 4.00. The van der Waals surface area contributed by atoms with Crippen molar-refractivity contribution in [3.05, 3.63) is 46.4 Å². The minimum Gasteiger partial charge on any atom is -0.496 e. The van der Waals surface area contributed by atoms with Crippen molar-refractivity contribution in [2.45, 2.75) is 26.3 Å². The first-order chi connectivity index (χ1) is 10.1. The lowest BCUT2D eigenvalue weighted by molar-refractivity contribution is 0.0929. The Bertz CT molecular complexity index is 582. The van der Waals surface area contributed by atoms with Crippen LogP contribution in [0.1, 0.15) is 41.7 Å². The SMILES string of the molecule is COc1ccccc1C(=O)NC(CC(C)C)c1nccs1. The summed E-state index contributed by atoms with van der Waals surface area (Å²) in [6.45, 7) is 4.27. The van der Waals surface area contributed by atoms with Crippen LogP contribution in [0.3, 0.4) is 0 Å². The van der Waals surface area contributed by atoms with Crippen molar-refractivity contribution in [2.75, 3.05) is 7.11 Å². The number of hydrogen-bond acceptors (Lipinski definition) is 4. The summed E-state index contributed by atoms with van der Waals surface area (Å²) in [5, 5.41) is 5.94. The maximum absolute atomic E-state index is 12.5. The van der Waals surface area contributed by atoms with E-state index in [1.807, 2.05) is 17.5 Å². The predicted molar refractivity (Wildman–Crippen MR) is 84.8 cm³/mol. The van der Waals surface area contributed by atoms with Crippen LogP contribution >= 0.6 is 11.3 Å². The number of benzene rings is 1. The molecule has 0 aliphatic heterocycles. The zero-order chi connectivity index (χ0) is 15.2. The first kappa shape index (κ1) is 15.5. The molecule has 21 heavy (non-hydrogen) atoms. The monoisotopic (exact) mass is 304 g/mol. The molecule has 2 rings (SSSR count). The molecule has 112 valence electrons. The molecule has 4 nitrogen and oxygen atoms in total. The normalized spacial score (nSPS) is 12.2. The fraction of sp³-hybridized carbons (Fsp3) is 0.375. The van der Waals surface area contributed by atoms with E-state index in [-0.39, 0.29) is 11.9 Å². The van der Waals surface area contributed by atoms with Crippen LogP contribution in [0.15, 0.2) is 35.8 Å². The van der Waals surface area contributed by atoms with Gasteiger partial charge in [0.25, 0.3) is 5.91 Å². The Labute approximate surface area is 129 Å². The van der Waals surface area contributed by atoms with Crippen molar-refractivity contribution in [3.63, 3.8) is 0 Å². The summed E-state index contributed by atoms with van der Waals surface area (Å²) >= 11 is 1.56. The van der Waals surface area contributed by atoms with Crippen molar-refractivity contribution in [1.82, 2.24) is 10.3 Å². The molecule has 0 saturated heterocycles. The van der Waals surface area contributed by atoms with Crippen LogP contribution in [0.5, 0.6) is 5.75 Å². The van der Waals surface area contributed by atoms with Gasteiger partial charge in [0.05, 0.1) is 18.7 Å². The quantitative estimate of drug-likeness (QED) is 0.886. The lowest BCUT2D eigenvalue weighted by atomic mass is 10.0. The van der Waals surface area contributed by atoms with Crippen LogP contribution in [0.25, 0.3) is 0 Å². The Kier molecular flexibility index (Phi) is 5.33. The van der Waals surface area contributed by atoms with Gasteiger partial charge in [0.2, 0.25) is 0 Å². The lowest BCUT2D eigenvalue weighted by Crippen LogP contribution is -2.29. The van der Waals surface area contributed by atoms with Crippen LogP contribution in [0, 0.1) is 5.92 Å². The van der Waals surface area contributed by atoms with E-state index in [0.29, 0.717) is 17.2 Å². The number of nitrogens with zero attached hydrogens (tertiary/aromatic N) is 1. The molecule has 0 spiro atoms. The first-order valence-corrected chi connectivity index (χ1v) is 7.83. The number of nitrogens with one attached hydrogen (secondary N) is 1. The molecule has 0 saturated carbocycles. The predicted octanol–water partition coefficient (Wildman–Crippen LogP) is 3.67. The van der Waals surface area contributed by atoms with Gasteiger partial charge in [0.1, 0.15) is 10.8 Å². The molecule has 0 fully saturated rings. The zero-order valence-electron chi connectivity index (χ0n) is 12.5. The second-order valence-corrected chi connectivity index (χ2v) is 6.15. The number of aromatic nitrogens is 1. The van der Waals surface area contributed by atoms with E-state index < -0.39 is 0 Å². The van der Waals surface area contributed by atoms with Gasteiger partial charge in [-0.3, -0.25) is 4.79 Å². The van der Waals surface area contributed by atoms with E-state index in [1.165, 1.54) is 0 Å². The Morgan fingerprint density at radius 2 is 2.14 bits per heavy atom. The maximum atomic E-state index is 12.5. The van der Waals surface area contributed by atoms with E-state index in [0.717, 1.165) is 11.4 Å².